The average molecular weight is 346 g/mol. The Bertz CT molecular complexity index is 949. The highest BCUT2D eigenvalue weighted by Crippen LogP contribution is 2.26. The fraction of sp³-hybridized carbons (Fsp3) is 0.150. The van der Waals surface area contributed by atoms with Crippen LogP contribution in [-0.2, 0) is 4.79 Å². The van der Waals surface area contributed by atoms with Crippen LogP contribution in [0, 0.1) is 0 Å². The van der Waals surface area contributed by atoms with Crippen LogP contribution in [0.15, 0.2) is 60.8 Å². The van der Waals surface area contributed by atoms with E-state index < -0.39 is 0 Å². The number of hydrogen-bond donors (Lipinski definition) is 2. The van der Waals surface area contributed by atoms with Gasteiger partial charge >= 0.3 is 0 Å². The number of carbonyl (C=O) groups excluding carboxylic acids is 2. The SMILES string of the molecule is O=C(Nc1cccc(N2CCCC2=O)c1)c1cn[nH]c1-c1ccccc1. The second kappa shape index (κ2) is 6.84. The molecule has 0 radical (unpaired) electrons. The van der Waals surface area contributed by atoms with Crippen molar-refractivity contribution >= 4 is 23.2 Å². The molecule has 0 unspecified atom stereocenters. The lowest BCUT2D eigenvalue weighted by Gasteiger charge is -2.16. The summed E-state index contributed by atoms with van der Waals surface area (Å²) in [7, 11) is 0. The Kier molecular flexibility index (Phi) is 4.23. The molecule has 26 heavy (non-hydrogen) atoms. The number of nitrogens with zero attached hydrogens (tertiary/aromatic N) is 2. The van der Waals surface area contributed by atoms with Gasteiger partial charge in [0.05, 0.1) is 17.5 Å². The molecular weight excluding hydrogens is 328 g/mol. The summed E-state index contributed by atoms with van der Waals surface area (Å²) < 4.78 is 0. The molecule has 6 heteroatoms. The maximum absolute atomic E-state index is 12.7. The molecule has 0 bridgehead atoms. The van der Waals surface area contributed by atoms with E-state index in [-0.39, 0.29) is 11.8 Å². The van der Waals surface area contributed by atoms with Crippen molar-refractivity contribution in [2.75, 3.05) is 16.8 Å². The van der Waals surface area contributed by atoms with Gasteiger partial charge in [0.15, 0.2) is 0 Å². The number of H-pyrrole nitrogens is 1. The van der Waals surface area contributed by atoms with Crippen molar-refractivity contribution in [1.82, 2.24) is 10.2 Å². The third-order valence-electron chi connectivity index (χ3n) is 4.44. The van der Waals surface area contributed by atoms with Gasteiger partial charge in [-0.3, -0.25) is 14.7 Å². The number of amides is 2. The van der Waals surface area contributed by atoms with Crippen LogP contribution in [0.3, 0.4) is 0 Å². The fourth-order valence-corrected chi connectivity index (χ4v) is 3.15. The van der Waals surface area contributed by atoms with Gasteiger partial charge in [0.25, 0.3) is 5.91 Å². The summed E-state index contributed by atoms with van der Waals surface area (Å²) in [6.07, 6.45) is 2.96. The number of carbonyl (C=O) groups is 2. The van der Waals surface area contributed by atoms with Crippen molar-refractivity contribution in [2.45, 2.75) is 12.8 Å². The Hall–Kier alpha value is -3.41. The molecule has 1 aliphatic heterocycles. The first-order valence-corrected chi connectivity index (χ1v) is 8.53. The lowest BCUT2D eigenvalue weighted by molar-refractivity contribution is -0.117. The normalized spacial score (nSPS) is 13.8. The second-order valence-electron chi connectivity index (χ2n) is 6.18. The summed E-state index contributed by atoms with van der Waals surface area (Å²) >= 11 is 0. The summed E-state index contributed by atoms with van der Waals surface area (Å²) in [6.45, 7) is 0.718. The summed E-state index contributed by atoms with van der Waals surface area (Å²) in [5.41, 5.74) is 3.49. The molecule has 1 aromatic heterocycles. The van der Waals surface area contributed by atoms with E-state index in [1.165, 1.54) is 6.20 Å². The van der Waals surface area contributed by atoms with E-state index in [1.807, 2.05) is 54.6 Å². The average Bonchev–Trinajstić information content (AvgIpc) is 3.31. The number of aromatic nitrogens is 2. The van der Waals surface area contributed by atoms with Crippen molar-refractivity contribution in [3.63, 3.8) is 0 Å². The first-order valence-electron chi connectivity index (χ1n) is 8.53. The number of aromatic amines is 1. The van der Waals surface area contributed by atoms with E-state index in [2.05, 4.69) is 15.5 Å². The Balaban J connectivity index is 1.56. The molecule has 2 heterocycles. The first kappa shape index (κ1) is 16.1. The molecule has 0 saturated carbocycles. The monoisotopic (exact) mass is 346 g/mol. The van der Waals surface area contributed by atoms with Gasteiger partial charge in [-0.05, 0) is 24.6 Å². The van der Waals surface area contributed by atoms with E-state index in [9.17, 15) is 9.59 Å². The summed E-state index contributed by atoms with van der Waals surface area (Å²) in [5.74, 6) is -0.128. The maximum atomic E-state index is 12.7. The van der Waals surface area contributed by atoms with Gasteiger partial charge in [0.1, 0.15) is 0 Å². The number of benzene rings is 2. The van der Waals surface area contributed by atoms with Crippen molar-refractivity contribution in [3.05, 3.63) is 66.4 Å². The van der Waals surface area contributed by atoms with Gasteiger partial charge in [-0.15, -0.1) is 0 Å². The molecule has 0 atom stereocenters. The van der Waals surface area contributed by atoms with Crippen molar-refractivity contribution < 1.29 is 9.59 Å². The minimum Gasteiger partial charge on any atom is -0.322 e. The van der Waals surface area contributed by atoms with Gasteiger partial charge in [0.2, 0.25) is 5.91 Å². The van der Waals surface area contributed by atoms with Gasteiger partial charge in [-0.2, -0.15) is 5.10 Å². The lowest BCUT2D eigenvalue weighted by Crippen LogP contribution is -2.23. The molecule has 0 aliphatic carbocycles. The van der Waals surface area contributed by atoms with Gasteiger partial charge in [-0.1, -0.05) is 36.4 Å². The van der Waals surface area contributed by atoms with Crippen molar-refractivity contribution in [2.24, 2.45) is 0 Å². The van der Waals surface area contributed by atoms with E-state index in [4.69, 9.17) is 0 Å². The largest absolute Gasteiger partial charge is 0.322 e. The third-order valence-corrected chi connectivity index (χ3v) is 4.44. The highest BCUT2D eigenvalue weighted by Gasteiger charge is 2.22. The molecule has 2 amide bonds. The summed E-state index contributed by atoms with van der Waals surface area (Å²) in [6, 6.07) is 16.9. The Morgan fingerprint density at radius 3 is 2.73 bits per heavy atom. The van der Waals surface area contributed by atoms with Crippen molar-refractivity contribution in [3.8, 4) is 11.3 Å². The van der Waals surface area contributed by atoms with E-state index in [1.54, 1.807) is 4.90 Å². The van der Waals surface area contributed by atoms with Crippen LogP contribution < -0.4 is 10.2 Å². The lowest BCUT2D eigenvalue weighted by atomic mass is 10.1. The minimum atomic E-state index is -0.248. The van der Waals surface area contributed by atoms with Crippen LogP contribution in [0.1, 0.15) is 23.2 Å². The maximum Gasteiger partial charge on any atom is 0.259 e. The standard InChI is InChI=1S/C20H18N4O2/c25-18-10-5-11-24(18)16-9-4-8-15(12-16)22-20(26)17-13-21-23-19(17)14-6-2-1-3-7-14/h1-4,6-9,12-13H,5,10-11H2,(H,21,23)(H,22,26). The quantitative estimate of drug-likeness (QED) is 0.759. The van der Waals surface area contributed by atoms with Gasteiger partial charge in [-0.25, -0.2) is 0 Å². The molecule has 130 valence electrons. The number of rotatable bonds is 4. The highest BCUT2D eigenvalue weighted by atomic mass is 16.2. The van der Waals surface area contributed by atoms with Crippen LogP contribution in [0.4, 0.5) is 11.4 Å². The zero-order valence-electron chi connectivity index (χ0n) is 14.1. The third kappa shape index (κ3) is 3.09. The van der Waals surface area contributed by atoms with Crippen LogP contribution >= 0.6 is 0 Å². The molecule has 0 spiro atoms. The summed E-state index contributed by atoms with van der Waals surface area (Å²) in [5, 5.41) is 9.80. The Morgan fingerprint density at radius 2 is 1.96 bits per heavy atom. The molecular formula is C20H18N4O2. The smallest absolute Gasteiger partial charge is 0.259 e. The number of hydrogen-bond acceptors (Lipinski definition) is 3. The molecule has 1 saturated heterocycles. The molecule has 6 nitrogen and oxygen atoms in total. The fourth-order valence-electron chi connectivity index (χ4n) is 3.15. The molecule has 4 rings (SSSR count). The minimum absolute atomic E-state index is 0.120. The van der Waals surface area contributed by atoms with Crippen LogP contribution in [0.25, 0.3) is 11.3 Å². The molecule has 2 N–H and O–H groups in total. The first-order chi connectivity index (χ1) is 12.7. The van der Waals surface area contributed by atoms with Gasteiger partial charge < -0.3 is 10.2 Å². The van der Waals surface area contributed by atoms with Crippen LogP contribution in [0.5, 0.6) is 0 Å². The Morgan fingerprint density at radius 1 is 1.12 bits per heavy atom. The zero-order chi connectivity index (χ0) is 17.9. The molecule has 3 aromatic rings. The molecule has 2 aromatic carbocycles. The van der Waals surface area contributed by atoms with Crippen molar-refractivity contribution in [1.29, 1.82) is 0 Å². The van der Waals surface area contributed by atoms with E-state index in [0.717, 1.165) is 24.2 Å². The van der Waals surface area contributed by atoms with Crippen LogP contribution in [-0.4, -0.2) is 28.6 Å². The number of anilines is 2. The highest BCUT2D eigenvalue weighted by molar-refractivity contribution is 6.08. The predicted octanol–water partition coefficient (Wildman–Crippen LogP) is 3.46. The number of nitrogens with one attached hydrogen (secondary N) is 2. The molecule has 1 aliphatic rings. The molecule has 1 fully saturated rings. The van der Waals surface area contributed by atoms with Crippen LogP contribution in [0.2, 0.25) is 0 Å². The zero-order valence-corrected chi connectivity index (χ0v) is 14.1. The second-order valence-corrected chi connectivity index (χ2v) is 6.18. The van der Waals surface area contributed by atoms with E-state index >= 15 is 0 Å². The predicted molar refractivity (Wildman–Crippen MR) is 100 cm³/mol. The topological polar surface area (TPSA) is 78.1 Å². The Labute approximate surface area is 150 Å². The summed E-state index contributed by atoms with van der Waals surface area (Å²) in [4.78, 5) is 26.4. The van der Waals surface area contributed by atoms with Gasteiger partial charge in [0, 0.05) is 29.9 Å². The van der Waals surface area contributed by atoms with E-state index in [0.29, 0.717) is 23.4 Å².